The van der Waals surface area contributed by atoms with Gasteiger partial charge < -0.3 is 23.8 Å². The number of oxime groups is 1. The first-order valence-electron chi connectivity index (χ1n) is 10.9. The van der Waals surface area contributed by atoms with E-state index in [1.165, 1.54) is 0 Å². The molecule has 2 aromatic heterocycles. The van der Waals surface area contributed by atoms with Gasteiger partial charge >= 0.3 is 0 Å². The Hall–Kier alpha value is -3.65. The lowest BCUT2D eigenvalue weighted by molar-refractivity contribution is -0.0915. The number of amidine groups is 1. The van der Waals surface area contributed by atoms with Crippen LogP contribution < -0.4 is 4.74 Å². The molecular formula is C25H29N5O3. The van der Waals surface area contributed by atoms with Gasteiger partial charge in [-0.1, -0.05) is 17.3 Å². The van der Waals surface area contributed by atoms with Gasteiger partial charge in [-0.3, -0.25) is 4.98 Å². The number of rotatable bonds is 9. The van der Waals surface area contributed by atoms with Crippen LogP contribution in [-0.2, 0) is 15.3 Å². The summed E-state index contributed by atoms with van der Waals surface area (Å²) in [5.74, 6) is 1.51. The first-order chi connectivity index (χ1) is 16.0. The zero-order valence-corrected chi connectivity index (χ0v) is 19.4. The van der Waals surface area contributed by atoms with Crippen LogP contribution >= 0.6 is 0 Å². The maximum absolute atomic E-state index is 5.95. The van der Waals surface area contributed by atoms with Crippen LogP contribution in [0.5, 0.6) is 5.75 Å². The third-order valence-electron chi connectivity index (χ3n) is 5.67. The monoisotopic (exact) mass is 447 g/mol. The minimum absolute atomic E-state index is 0.659. The molecule has 0 N–H and O–H groups in total. The van der Waals surface area contributed by atoms with E-state index in [0.717, 1.165) is 47.1 Å². The molecule has 8 heteroatoms. The Morgan fingerprint density at radius 2 is 1.94 bits per heavy atom. The maximum Gasteiger partial charge on any atom is 0.234 e. The van der Waals surface area contributed by atoms with Gasteiger partial charge in [0.25, 0.3) is 0 Å². The van der Waals surface area contributed by atoms with Gasteiger partial charge in [-0.25, -0.2) is 4.98 Å². The average molecular weight is 448 g/mol. The Kier molecular flexibility index (Phi) is 6.74. The van der Waals surface area contributed by atoms with E-state index < -0.39 is 5.72 Å². The van der Waals surface area contributed by atoms with Crippen LogP contribution in [0.25, 0.3) is 11.8 Å². The summed E-state index contributed by atoms with van der Waals surface area (Å²) in [6, 6.07) is 9.95. The van der Waals surface area contributed by atoms with Crippen LogP contribution in [0.2, 0.25) is 0 Å². The smallest absolute Gasteiger partial charge is 0.234 e. The number of nitrogens with zero attached hydrogens (tertiary/aromatic N) is 5. The molecule has 0 fully saturated rings. The van der Waals surface area contributed by atoms with Gasteiger partial charge in [0, 0.05) is 51.3 Å². The van der Waals surface area contributed by atoms with Gasteiger partial charge in [0.1, 0.15) is 5.75 Å². The van der Waals surface area contributed by atoms with E-state index in [1.54, 1.807) is 32.9 Å². The zero-order chi connectivity index (χ0) is 23.3. The molecule has 3 heterocycles. The van der Waals surface area contributed by atoms with Crippen LogP contribution in [0.15, 0.2) is 66.5 Å². The summed E-state index contributed by atoms with van der Waals surface area (Å²) in [4.78, 5) is 16.5. The van der Waals surface area contributed by atoms with Crippen LogP contribution in [0.1, 0.15) is 30.2 Å². The van der Waals surface area contributed by atoms with E-state index in [9.17, 15) is 0 Å². The van der Waals surface area contributed by atoms with E-state index >= 15 is 0 Å². The topological polar surface area (TPSA) is 74.0 Å². The van der Waals surface area contributed by atoms with Crippen molar-refractivity contribution in [3.8, 4) is 11.4 Å². The van der Waals surface area contributed by atoms with Crippen LogP contribution in [-0.4, -0.2) is 52.6 Å². The number of pyridine rings is 1. The van der Waals surface area contributed by atoms with Crippen LogP contribution in [0.4, 0.5) is 0 Å². The predicted octanol–water partition coefficient (Wildman–Crippen LogP) is 4.15. The van der Waals surface area contributed by atoms with Gasteiger partial charge in [0.05, 0.1) is 24.8 Å². The minimum Gasteiger partial charge on any atom is -0.495 e. The number of methoxy groups -OCH3 is 2. The van der Waals surface area contributed by atoms with Gasteiger partial charge in [0.15, 0.2) is 5.84 Å². The quantitative estimate of drug-likeness (QED) is 0.459. The lowest BCUT2D eigenvalue weighted by Crippen LogP contribution is -2.44. The zero-order valence-electron chi connectivity index (χ0n) is 19.4. The van der Waals surface area contributed by atoms with Crippen molar-refractivity contribution >= 4 is 11.9 Å². The van der Waals surface area contributed by atoms with E-state index in [1.807, 2.05) is 67.1 Å². The Balaban J connectivity index is 1.58. The number of aryl methyl sites for hydroxylation is 1. The van der Waals surface area contributed by atoms with Crippen molar-refractivity contribution in [1.29, 1.82) is 0 Å². The molecular weight excluding hydrogens is 418 g/mol. The van der Waals surface area contributed by atoms with Crippen molar-refractivity contribution in [3.63, 3.8) is 0 Å². The normalized spacial score (nSPS) is 17.9. The summed E-state index contributed by atoms with van der Waals surface area (Å²) in [5, 5.41) is 4.40. The molecule has 0 saturated heterocycles. The van der Waals surface area contributed by atoms with Crippen molar-refractivity contribution in [3.05, 3.63) is 78.1 Å². The van der Waals surface area contributed by atoms with Crippen molar-refractivity contribution in [1.82, 2.24) is 19.4 Å². The summed E-state index contributed by atoms with van der Waals surface area (Å²) in [5.41, 5.74) is 3.15. The second kappa shape index (κ2) is 9.87. The molecule has 1 unspecified atom stereocenters. The molecule has 0 amide bonds. The fourth-order valence-corrected chi connectivity index (χ4v) is 3.87. The summed E-state index contributed by atoms with van der Waals surface area (Å²) in [6.07, 6.45) is 12.1. The highest BCUT2D eigenvalue weighted by Crippen LogP contribution is 2.35. The summed E-state index contributed by atoms with van der Waals surface area (Å²) in [7, 11) is 3.38. The molecule has 1 atom stereocenters. The van der Waals surface area contributed by atoms with Crippen LogP contribution in [0.3, 0.4) is 0 Å². The van der Waals surface area contributed by atoms with Crippen molar-refractivity contribution in [2.75, 3.05) is 27.4 Å². The van der Waals surface area contributed by atoms with Gasteiger partial charge in [-0.2, -0.15) is 0 Å². The number of imidazole rings is 1. The third-order valence-corrected chi connectivity index (χ3v) is 5.67. The molecule has 1 aliphatic rings. The molecule has 172 valence electrons. The second-order valence-electron chi connectivity index (χ2n) is 7.94. The maximum atomic E-state index is 5.95. The number of hydrogen-bond acceptors (Lipinski definition) is 7. The molecule has 0 saturated carbocycles. The Morgan fingerprint density at radius 1 is 1.12 bits per heavy atom. The number of hydrogen-bond donors (Lipinski definition) is 0. The van der Waals surface area contributed by atoms with E-state index in [2.05, 4.69) is 20.0 Å². The standard InChI is InChI=1S/C25H29N5O3/c1-19-17-29(18-27-19)22-8-6-20(16-23(22)32-4)7-9-24-28-33-25(2,21-10-12-26-13-11-21)30(24)14-5-15-31-3/h6-13,16-18H,5,14-15H2,1-4H3/b9-7+. The Labute approximate surface area is 194 Å². The van der Waals surface area contributed by atoms with Crippen LogP contribution in [0, 0.1) is 6.92 Å². The first-order valence-corrected chi connectivity index (χ1v) is 10.9. The number of benzene rings is 1. The molecule has 3 aromatic rings. The number of ether oxygens (including phenoxy) is 2. The molecule has 0 radical (unpaired) electrons. The number of aromatic nitrogens is 3. The highest BCUT2D eigenvalue weighted by atomic mass is 16.7. The van der Waals surface area contributed by atoms with E-state index in [4.69, 9.17) is 14.3 Å². The summed E-state index contributed by atoms with van der Waals surface area (Å²) < 4.78 is 12.8. The fraction of sp³-hybridized carbons (Fsp3) is 0.320. The van der Waals surface area contributed by atoms with Gasteiger partial charge in [-0.15, -0.1) is 0 Å². The average Bonchev–Trinajstić information content (AvgIpc) is 3.42. The Bertz CT molecular complexity index is 1140. The van der Waals surface area contributed by atoms with Gasteiger partial charge in [0.2, 0.25) is 5.72 Å². The molecule has 33 heavy (non-hydrogen) atoms. The second-order valence-corrected chi connectivity index (χ2v) is 7.94. The van der Waals surface area contributed by atoms with Crippen molar-refractivity contribution in [2.24, 2.45) is 5.16 Å². The van der Waals surface area contributed by atoms with E-state index in [0.29, 0.717) is 6.61 Å². The molecule has 1 aliphatic heterocycles. The molecule has 0 bridgehead atoms. The lowest BCUT2D eigenvalue weighted by atomic mass is 10.0. The fourth-order valence-electron chi connectivity index (χ4n) is 3.87. The van der Waals surface area contributed by atoms with Gasteiger partial charge in [-0.05, 0) is 49.2 Å². The molecule has 4 rings (SSSR count). The predicted molar refractivity (Wildman–Crippen MR) is 127 cm³/mol. The highest BCUT2D eigenvalue weighted by Gasteiger charge is 2.42. The molecule has 8 nitrogen and oxygen atoms in total. The third kappa shape index (κ3) is 4.75. The Morgan fingerprint density at radius 3 is 2.64 bits per heavy atom. The molecule has 0 spiro atoms. The molecule has 1 aromatic carbocycles. The molecule has 0 aliphatic carbocycles. The first kappa shape index (κ1) is 22.5. The summed E-state index contributed by atoms with van der Waals surface area (Å²) in [6.45, 7) is 5.37. The van der Waals surface area contributed by atoms with Crippen molar-refractivity contribution < 1.29 is 14.3 Å². The van der Waals surface area contributed by atoms with E-state index in [-0.39, 0.29) is 0 Å². The largest absolute Gasteiger partial charge is 0.495 e. The van der Waals surface area contributed by atoms with Crippen molar-refractivity contribution in [2.45, 2.75) is 26.0 Å². The SMILES string of the molecule is COCCCN1C(/C=C/c2ccc(-n3cnc(C)c3)c(OC)c2)=NOC1(C)c1ccncc1. The minimum atomic E-state index is -0.711. The highest BCUT2D eigenvalue weighted by molar-refractivity contribution is 5.97. The lowest BCUT2D eigenvalue weighted by Gasteiger charge is -2.34. The summed E-state index contributed by atoms with van der Waals surface area (Å²) >= 11 is 0.